The zero-order valence-electron chi connectivity index (χ0n) is 37.0. The Morgan fingerprint density at radius 3 is 0.722 bits per heavy atom. The van der Waals surface area contributed by atoms with Crippen molar-refractivity contribution in [2.75, 3.05) is 22.9 Å². The highest BCUT2D eigenvalue weighted by molar-refractivity contribution is 6.30. The molecule has 0 saturated heterocycles. The third-order valence-corrected chi connectivity index (χ3v) is 10.9. The molecule has 6 aromatic carbocycles. The van der Waals surface area contributed by atoms with Gasteiger partial charge in [-0.15, -0.1) is 52.7 Å². The zero-order valence-corrected chi connectivity index (χ0v) is 37.0. The van der Waals surface area contributed by atoms with Crippen LogP contribution >= 0.6 is 0 Å². The van der Waals surface area contributed by atoms with Crippen molar-refractivity contribution < 1.29 is 81.2 Å². The predicted octanol–water partition coefficient (Wildman–Crippen LogP) is 14.1. The molecule has 2 aliphatic rings. The minimum absolute atomic E-state index is 0.0804. The van der Waals surface area contributed by atoms with Crippen LogP contribution in [0.25, 0.3) is 11.4 Å². The van der Waals surface area contributed by atoms with Gasteiger partial charge in [-0.1, -0.05) is 24.3 Å². The van der Waals surface area contributed by atoms with Gasteiger partial charge in [0.15, 0.2) is 0 Å². The molecule has 0 bridgehead atoms. The number of nitrogens with zero attached hydrogens (tertiary/aromatic N) is 4. The molecule has 22 heteroatoms. The summed E-state index contributed by atoms with van der Waals surface area (Å²) < 4.78 is 172. The fourth-order valence-corrected chi connectivity index (χ4v) is 8.22. The molecule has 10 nitrogen and oxygen atoms in total. The SMILES string of the molecule is CCN1C(=O)C2=C(c3ccc(N(c4ccc(OC(F)(F)F)cc4)c4ccc(OC(F)(F)F)cc4)cc3)N(CC)C(=O)C2=C1c1ccc(N(c2ccc(OC(F)(F)F)cc2)c2ccc(OC(F)(F)F)cc2)cc1. The van der Waals surface area contributed by atoms with Gasteiger partial charge < -0.3 is 38.5 Å². The third kappa shape index (κ3) is 11.0. The maximum Gasteiger partial charge on any atom is 0.573 e. The average Bonchev–Trinajstić information content (AvgIpc) is 3.76. The largest absolute Gasteiger partial charge is 0.573 e. The summed E-state index contributed by atoms with van der Waals surface area (Å²) in [7, 11) is 0. The van der Waals surface area contributed by atoms with Gasteiger partial charge in [0.25, 0.3) is 11.8 Å². The molecule has 0 aliphatic carbocycles. The van der Waals surface area contributed by atoms with Crippen LogP contribution in [0.1, 0.15) is 25.0 Å². The van der Waals surface area contributed by atoms with E-state index in [4.69, 9.17) is 0 Å². The van der Waals surface area contributed by atoms with E-state index in [1.165, 1.54) is 68.1 Å². The first-order valence-electron chi connectivity index (χ1n) is 21.3. The lowest BCUT2D eigenvalue weighted by Crippen LogP contribution is -2.29. The topological polar surface area (TPSA) is 84.0 Å². The molecular formula is C50H34F12N4O6. The third-order valence-electron chi connectivity index (χ3n) is 10.9. The summed E-state index contributed by atoms with van der Waals surface area (Å²) in [6.45, 7) is 3.61. The molecule has 72 heavy (non-hydrogen) atoms. The molecule has 0 fully saturated rings. The Kier molecular flexibility index (Phi) is 13.3. The number of amides is 2. The van der Waals surface area contributed by atoms with Crippen molar-refractivity contribution in [2.45, 2.75) is 39.3 Å². The van der Waals surface area contributed by atoms with Gasteiger partial charge in [-0.2, -0.15) is 0 Å². The van der Waals surface area contributed by atoms with E-state index in [1.54, 1.807) is 62.4 Å². The van der Waals surface area contributed by atoms with E-state index in [0.29, 0.717) is 22.5 Å². The van der Waals surface area contributed by atoms with E-state index in [2.05, 4.69) is 18.9 Å². The van der Waals surface area contributed by atoms with Gasteiger partial charge in [-0.25, -0.2) is 0 Å². The Hall–Kier alpha value is -8.30. The summed E-state index contributed by atoms with van der Waals surface area (Å²) in [6.07, 6.45) is -19.9. The molecule has 0 spiro atoms. The van der Waals surface area contributed by atoms with Crippen LogP contribution in [0.15, 0.2) is 157 Å². The maximum absolute atomic E-state index is 14.4. The van der Waals surface area contributed by atoms with Crippen LogP contribution in [0.4, 0.5) is 86.8 Å². The van der Waals surface area contributed by atoms with Crippen LogP contribution in [-0.4, -0.2) is 60.2 Å². The number of fused-ring (bicyclic) bond motifs is 1. The molecule has 0 saturated carbocycles. The molecule has 0 radical (unpaired) electrons. The van der Waals surface area contributed by atoms with Gasteiger partial charge in [-0.3, -0.25) is 9.59 Å². The number of rotatable bonds is 14. The second kappa shape index (κ2) is 19.1. The molecule has 0 unspecified atom stereocenters. The number of carbonyl (C=O) groups is 2. The van der Waals surface area contributed by atoms with E-state index in [9.17, 15) is 62.3 Å². The number of hydrogen-bond donors (Lipinski definition) is 0. The molecule has 2 aliphatic heterocycles. The lowest BCUT2D eigenvalue weighted by atomic mass is 10.0. The van der Waals surface area contributed by atoms with Crippen molar-refractivity contribution in [3.05, 3.63) is 168 Å². The normalized spacial score (nSPS) is 14.2. The number of anilines is 6. The van der Waals surface area contributed by atoms with Gasteiger partial charge in [0.05, 0.1) is 22.5 Å². The highest BCUT2D eigenvalue weighted by Gasteiger charge is 2.48. The average molecular weight is 1010 g/mol. The Balaban J connectivity index is 1.17. The lowest BCUT2D eigenvalue weighted by Gasteiger charge is -2.27. The van der Waals surface area contributed by atoms with E-state index in [-0.39, 0.29) is 58.4 Å². The van der Waals surface area contributed by atoms with Gasteiger partial charge in [0, 0.05) is 47.2 Å². The first-order chi connectivity index (χ1) is 33.9. The maximum atomic E-state index is 14.4. The van der Waals surface area contributed by atoms with Gasteiger partial charge in [0.1, 0.15) is 23.0 Å². The molecule has 8 rings (SSSR count). The molecule has 374 valence electrons. The second-order valence-corrected chi connectivity index (χ2v) is 15.5. The summed E-state index contributed by atoms with van der Waals surface area (Å²) in [5.41, 5.74) is 3.28. The molecule has 2 amide bonds. The number of hydrogen-bond acceptors (Lipinski definition) is 8. The Labute approximate surface area is 400 Å². The van der Waals surface area contributed by atoms with E-state index < -0.39 is 60.3 Å². The number of halogens is 12. The molecule has 2 heterocycles. The molecule has 0 aromatic heterocycles. The fourth-order valence-electron chi connectivity index (χ4n) is 8.22. The lowest BCUT2D eigenvalue weighted by molar-refractivity contribution is -0.275. The number of benzene rings is 6. The summed E-state index contributed by atoms with van der Waals surface area (Å²) in [6, 6.07) is 31.6. The van der Waals surface area contributed by atoms with Crippen molar-refractivity contribution in [1.82, 2.24) is 9.80 Å². The Morgan fingerprint density at radius 1 is 0.347 bits per heavy atom. The fraction of sp³-hybridized carbons (Fsp3) is 0.160. The molecule has 0 atom stereocenters. The van der Waals surface area contributed by atoms with Crippen LogP contribution in [0.5, 0.6) is 23.0 Å². The summed E-state index contributed by atoms with van der Waals surface area (Å²) >= 11 is 0. The van der Waals surface area contributed by atoms with Crippen LogP contribution in [0.2, 0.25) is 0 Å². The van der Waals surface area contributed by atoms with Crippen LogP contribution in [-0.2, 0) is 9.59 Å². The van der Waals surface area contributed by atoms with Crippen LogP contribution < -0.4 is 28.7 Å². The minimum Gasteiger partial charge on any atom is -0.406 e. The number of ether oxygens (including phenoxy) is 4. The van der Waals surface area contributed by atoms with E-state index in [0.717, 1.165) is 48.5 Å². The highest BCUT2D eigenvalue weighted by atomic mass is 19.4. The number of carbonyl (C=O) groups excluding carboxylic acids is 2. The molecular weight excluding hydrogens is 981 g/mol. The van der Waals surface area contributed by atoms with Gasteiger partial charge in [0.2, 0.25) is 0 Å². The standard InChI is InChI=1S/C50H34F12N4O6/c1-3-63-43(29-5-9-31(10-6-29)65(33-13-21-37(22-14-33)69-47(51,52)53)34-15-23-38(24-16-34)70-48(54,55)56)41-42(45(63)67)44(64(4-2)46(41)68)30-7-11-32(12-8-30)66(35-17-25-39(26-18-35)71-49(57,58)59)36-19-27-40(28-20-36)72-50(60,61)62/h5-28H,3-4H2,1-2H3. The van der Waals surface area contributed by atoms with Crippen molar-refractivity contribution in [3.63, 3.8) is 0 Å². The van der Waals surface area contributed by atoms with Gasteiger partial charge >= 0.3 is 25.4 Å². The monoisotopic (exact) mass is 1010 g/mol. The minimum atomic E-state index is -4.98. The van der Waals surface area contributed by atoms with Crippen LogP contribution in [0.3, 0.4) is 0 Å². The summed E-state index contributed by atoms with van der Waals surface area (Å²) in [4.78, 5) is 34.8. The van der Waals surface area contributed by atoms with E-state index >= 15 is 0 Å². The molecule has 6 aromatic rings. The first-order valence-corrected chi connectivity index (χ1v) is 21.3. The Morgan fingerprint density at radius 2 is 0.542 bits per heavy atom. The van der Waals surface area contributed by atoms with Crippen molar-refractivity contribution >= 4 is 57.3 Å². The first kappa shape index (κ1) is 50.1. The van der Waals surface area contributed by atoms with Gasteiger partial charge in [-0.05, 0) is 146 Å². The second-order valence-electron chi connectivity index (χ2n) is 15.5. The quantitative estimate of drug-likeness (QED) is 0.0998. The smallest absolute Gasteiger partial charge is 0.406 e. The van der Waals surface area contributed by atoms with Crippen molar-refractivity contribution in [2.24, 2.45) is 0 Å². The van der Waals surface area contributed by atoms with E-state index in [1.807, 2.05) is 0 Å². The predicted molar refractivity (Wildman–Crippen MR) is 238 cm³/mol. The van der Waals surface area contributed by atoms with Crippen molar-refractivity contribution in [3.8, 4) is 23.0 Å². The zero-order chi connectivity index (χ0) is 51.9. The number of alkyl halides is 12. The van der Waals surface area contributed by atoms with Crippen molar-refractivity contribution in [1.29, 1.82) is 0 Å². The Bertz CT molecular complexity index is 2680. The summed E-state index contributed by atoms with van der Waals surface area (Å²) in [5.74, 6) is -3.14. The highest BCUT2D eigenvalue weighted by Crippen LogP contribution is 2.48. The summed E-state index contributed by atoms with van der Waals surface area (Å²) in [5, 5.41) is 0. The van der Waals surface area contributed by atoms with Crippen LogP contribution in [0, 0.1) is 0 Å². The molecule has 0 N–H and O–H groups in total. The number of likely N-dealkylation sites (N-methyl/N-ethyl adjacent to an activating group) is 2.